The van der Waals surface area contributed by atoms with E-state index < -0.39 is 0 Å². The van der Waals surface area contributed by atoms with Crippen LogP contribution in [0.5, 0.6) is 0 Å². The second kappa shape index (κ2) is 4.33. The zero-order chi connectivity index (χ0) is 11.7. The van der Waals surface area contributed by atoms with Crippen molar-refractivity contribution in [2.45, 2.75) is 13.3 Å². The number of fused-ring (bicyclic) bond motifs is 1. The van der Waals surface area contributed by atoms with Gasteiger partial charge in [0.15, 0.2) is 5.82 Å². The smallest absolute Gasteiger partial charge is 0.152 e. The monoisotopic (exact) mass is 232 g/mol. The topological polar surface area (TPSA) is 51.5 Å². The number of anilines is 1. The van der Waals surface area contributed by atoms with Gasteiger partial charge in [0.2, 0.25) is 0 Å². The van der Waals surface area contributed by atoms with Crippen LogP contribution in [0.25, 0.3) is 5.52 Å². The number of aryl methyl sites for hydroxylation is 1. The Morgan fingerprint density at radius 1 is 1.59 bits per heavy atom. The minimum Gasteiger partial charge on any atom is -0.381 e. The molecule has 90 valence electrons. The fraction of sp³-hybridized carbons (Fsp3) is 0.500. The summed E-state index contributed by atoms with van der Waals surface area (Å²) in [7, 11) is 0. The van der Waals surface area contributed by atoms with Gasteiger partial charge in [-0.3, -0.25) is 0 Å². The quantitative estimate of drug-likeness (QED) is 0.871. The lowest BCUT2D eigenvalue weighted by Gasteiger charge is -2.10. The zero-order valence-electron chi connectivity index (χ0n) is 9.89. The van der Waals surface area contributed by atoms with Gasteiger partial charge in [-0.1, -0.05) is 0 Å². The van der Waals surface area contributed by atoms with Gasteiger partial charge in [0, 0.05) is 31.5 Å². The molecule has 2 aromatic heterocycles. The Kier molecular flexibility index (Phi) is 2.68. The highest BCUT2D eigenvalue weighted by atomic mass is 16.5. The van der Waals surface area contributed by atoms with Crippen LogP contribution in [0.1, 0.15) is 12.1 Å². The number of nitrogens with zero attached hydrogens (tertiary/aromatic N) is 3. The fourth-order valence-corrected chi connectivity index (χ4v) is 2.17. The first-order valence-electron chi connectivity index (χ1n) is 5.95. The summed E-state index contributed by atoms with van der Waals surface area (Å²) in [6, 6.07) is 2.04. The SMILES string of the molecule is Cc1cc2c(NCC3CCOC3)nccn2n1. The van der Waals surface area contributed by atoms with E-state index in [-0.39, 0.29) is 0 Å². The molecule has 1 aliphatic heterocycles. The molecular weight excluding hydrogens is 216 g/mol. The van der Waals surface area contributed by atoms with Crippen molar-refractivity contribution >= 4 is 11.3 Å². The second-order valence-corrected chi connectivity index (χ2v) is 4.50. The van der Waals surface area contributed by atoms with Gasteiger partial charge in [-0.05, 0) is 19.4 Å². The van der Waals surface area contributed by atoms with Crippen molar-refractivity contribution in [3.8, 4) is 0 Å². The van der Waals surface area contributed by atoms with Crippen molar-refractivity contribution in [2.24, 2.45) is 5.92 Å². The van der Waals surface area contributed by atoms with E-state index in [1.54, 1.807) is 6.20 Å². The molecule has 0 aliphatic carbocycles. The molecule has 1 saturated heterocycles. The molecule has 3 rings (SSSR count). The summed E-state index contributed by atoms with van der Waals surface area (Å²) >= 11 is 0. The van der Waals surface area contributed by atoms with Crippen LogP contribution < -0.4 is 5.32 Å². The largest absolute Gasteiger partial charge is 0.381 e. The van der Waals surface area contributed by atoms with Crippen molar-refractivity contribution in [3.63, 3.8) is 0 Å². The minimum absolute atomic E-state index is 0.598. The third kappa shape index (κ3) is 2.10. The molecule has 3 heterocycles. The lowest BCUT2D eigenvalue weighted by molar-refractivity contribution is 0.187. The lowest BCUT2D eigenvalue weighted by Crippen LogP contribution is -2.15. The standard InChI is InChI=1S/C12H16N4O/c1-9-6-11-12(13-3-4-16(11)15-9)14-7-10-2-5-17-8-10/h3-4,6,10H,2,5,7-8H2,1H3,(H,13,14). The lowest BCUT2D eigenvalue weighted by atomic mass is 10.1. The maximum Gasteiger partial charge on any atom is 0.152 e. The number of rotatable bonds is 3. The molecule has 0 amide bonds. The van der Waals surface area contributed by atoms with Crippen LogP contribution in [-0.4, -0.2) is 34.4 Å². The highest BCUT2D eigenvalue weighted by molar-refractivity contribution is 5.67. The molecule has 0 bridgehead atoms. The average Bonchev–Trinajstić information content (AvgIpc) is 2.93. The van der Waals surface area contributed by atoms with E-state index in [2.05, 4.69) is 15.4 Å². The molecule has 0 saturated carbocycles. The fourth-order valence-electron chi connectivity index (χ4n) is 2.17. The normalized spacial score (nSPS) is 19.9. The van der Waals surface area contributed by atoms with Gasteiger partial charge in [-0.15, -0.1) is 0 Å². The predicted molar refractivity (Wildman–Crippen MR) is 65.1 cm³/mol. The van der Waals surface area contributed by atoms with Gasteiger partial charge >= 0.3 is 0 Å². The molecule has 0 spiro atoms. The third-order valence-corrected chi connectivity index (χ3v) is 3.09. The summed E-state index contributed by atoms with van der Waals surface area (Å²) in [5, 5.41) is 7.76. The number of aromatic nitrogens is 3. The molecule has 1 atom stereocenters. The van der Waals surface area contributed by atoms with Crippen molar-refractivity contribution in [1.82, 2.24) is 14.6 Å². The second-order valence-electron chi connectivity index (χ2n) is 4.50. The van der Waals surface area contributed by atoms with Crippen LogP contribution in [0.4, 0.5) is 5.82 Å². The van der Waals surface area contributed by atoms with E-state index >= 15 is 0 Å². The van der Waals surface area contributed by atoms with Gasteiger partial charge in [-0.25, -0.2) is 9.50 Å². The van der Waals surface area contributed by atoms with Gasteiger partial charge in [-0.2, -0.15) is 5.10 Å². The summed E-state index contributed by atoms with van der Waals surface area (Å²) < 4.78 is 7.22. The Hall–Kier alpha value is -1.62. The first-order valence-corrected chi connectivity index (χ1v) is 5.95. The minimum atomic E-state index is 0.598. The van der Waals surface area contributed by atoms with E-state index in [9.17, 15) is 0 Å². The molecule has 5 nitrogen and oxygen atoms in total. The summed E-state index contributed by atoms with van der Waals surface area (Å²) in [4.78, 5) is 4.37. The maximum atomic E-state index is 5.36. The number of nitrogens with one attached hydrogen (secondary N) is 1. The Morgan fingerprint density at radius 2 is 2.53 bits per heavy atom. The molecule has 2 aromatic rings. The van der Waals surface area contributed by atoms with Crippen LogP contribution in [0, 0.1) is 12.8 Å². The summed E-state index contributed by atoms with van der Waals surface area (Å²) in [5.74, 6) is 1.50. The predicted octanol–water partition coefficient (Wildman–Crippen LogP) is 1.49. The van der Waals surface area contributed by atoms with Crippen molar-refractivity contribution in [2.75, 3.05) is 25.1 Å². The van der Waals surface area contributed by atoms with Crippen molar-refractivity contribution in [3.05, 3.63) is 24.2 Å². The zero-order valence-corrected chi connectivity index (χ0v) is 9.89. The molecule has 1 N–H and O–H groups in total. The molecule has 1 fully saturated rings. The maximum absolute atomic E-state index is 5.36. The van der Waals surface area contributed by atoms with Crippen LogP contribution in [-0.2, 0) is 4.74 Å². The summed E-state index contributed by atoms with van der Waals surface area (Å²) in [6.07, 6.45) is 4.77. The van der Waals surface area contributed by atoms with Crippen LogP contribution >= 0.6 is 0 Å². The number of ether oxygens (including phenoxy) is 1. The Labute approximate surface area is 99.8 Å². The van der Waals surface area contributed by atoms with E-state index in [0.717, 1.165) is 43.2 Å². The van der Waals surface area contributed by atoms with E-state index in [1.807, 2.05) is 23.7 Å². The Morgan fingerprint density at radius 3 is 3.35 bits per heavy atom. The highest BCUT2D eigenvalue weighted by Gasteiger charge is 2.16. The molecular formula is C12H16N4O. The number of hydrogen-bond donors (Lipinski definition) is 1. The number of hydrogen-bond acceptors (Lipinski definition) is 4. The molecule has 1 unspecified atom stereocenters. The van der Waals surface area contributed by atoms with Crippen LogP contribution in [0.3, 0.4) is 0 Å². The summed E-state index contributed by atoms with van der Waals surface area (Å²) in [6.45, 7) is 4.64. The molecule has 0 aromatic carbocycles. The molecule has 17 heavy (non-hydrogen) atoms. The van der Waals surface area contributed by atoms with E-state index in [4.69, 9.17) is 4.74 Å². The first-order chi connectivity index (χ1) is 8.33. The van der Waals surface area contributed by atoms with Gasteiger partial charge < -0.3 is 10.1 Å². The van der Waals surface area contributed by atoms with E-state index in [0.29, 0.717) is 5.92 Å². The average molecular weight is 232 g/mol. The van der Waals surface area contributed by atoms with Crippen molar-refractivity contribution in [1.29, 1.82) is 0 Å². The third-order valence-electron chi connectivity index (χ3n) is 3.09. The molecule has 1 aliphatic rings. The first kappa shape index (κ1) is 10.5. The van der Waals surface area contributed by atoms with Gasteiger partial charge in [0.05, 0.1) is 12.3 Å². The highest BCUT2D eigenvalue weighted by Crippen LogP contribution is 2.17. The van der Waals surface area contributed by atoms with E-state index in [1.165, 1.54) is 0 Å². The van der Waals surface area contributed by atoms with Crippen LogP contribution in [0.15, 0.2) is 18.5 Å². The Bertz CT molecular complexity index is 516. The molecule has 0 radical (unpaired) electrons. The molecule has 5 heteroatoms. The van der Waals surface area contributed by atoms with Gasteiger partial charge in [0.25, 0.3) is 0 Å². The Balaban J connectivity index is 1.79. The van der Waals surface area contributed by atoms with Crippen molar-refractivity contribution < 1.29 is 4.74 Å². The summed E-state index contributed by atoms with van der Waals surface area (Å²) in [5.41, 5.74) is 2.04. The van der Waals surface area contributed by atoms with Gasteiger partial charge in [0.1, 0.15) is 5.52 Å². The van der Waals surface area contributed by atoms with Crippen LogP contribution in [0.2, 0.25) is 0 Å².